The fourth-order valence-electron chi connectivity index (χ4n) is 4.58. The number of carbonyl (C=O) groups is 1. The fourth-order valence-corrected chi connectivity index (χ4v) is 5.39. The molecule has 1 aliphatic carbocycles. The Balaban J connectivity index is 1.50. The van der Waals surface area contributed by atoms with E-state index in [0.717, 1.165) is 32.3 Å². The van der Waals surface area contributed by atoms with E-state index in [9.17, 15) is 9.59 Å². The lowest BCUT2D eigenvalue weighted by molar-refractivity contribution is -0.120. The number of hydrogen-bond acceptors (Lipinski definition) is 5. The number of carbonyl (C=O) groups excluding carboxylic acids is 1. The second kappa shape index (κ2) is 9.52. The molecule has 7 heteroatoms. The van der Waals surface area contributed by atoms with Crippen LogP contribution in [0.25, 0.3) is 10.9 Å². The predicted octanol–water partition coefficient (Wildman–Crippen LogP) is 3.61. The Kier molecular flexibility index (Phi) is 6.78. The number of nitrogens with one attached hydrogen (secondary N) is 1. The number of para-hydroxylation sites is 1. The van der Waals surface area contributed by atoms with Crippen LogP contribution in [-0.2, 0) is 16.1 Å². The molecule has 162 valence electrons. The topological polar surface area (TPSA) is 73.2 Å². The molecule has 2 heterocycles. The van der Waals surface area contributed by atoms with Crippen LogP contribution in [0, 0.1) is 11.8 Å². The number of amides is 1. The molecule has 1 saturated carbocycles. The molecule has 30 heavy (non-hydrogen) atoms. The second-order valence-electron chi connectivity index (χ2n) is 8.69. The van der Waals surface area contributed by atoms with Gasteiger partial charge in [0.2, 0.25) is 5.91 Å². The third kappa shape index (κ3) is 4.72. The molecule has 1 N–H and O–H groups in total. The summed E-state index contributed by atoms with van der Waals surface area (Å²) in [5.74, 6) is 1.39. The average molecular weight is 430 g/mol. The largest absolute Gasteiger partial charge is 0.376 e. The molecular formula is C23H31N3O3S. The van der Waals surface area contributed by atoms with Gasteiger partial charge in [-0.05, 0) is 43.2 Å². The molecule has 0 bridgehead atoms. The Morgan fingerprint density at radius 3 is 2.87 bits per heavy atom. The van der Waals surface area contributed by atoms with Gasteiger partial charge in [0.1, 0.15) is 0 Å². The highest BCUT2D eigenvalue weighted by Crippen LogP contribution is 2.29. The van der Waals surface area contributed by atoms with E-state index < -0.39 is 0 Å². The standard InChI is InChI=1S/C23H31N3O3S/c1-15-7-5-11-19(16(15)2)24-21(27)14-30-23-25-20-10-4-3-9-18(20)22(28)26(23)13-17-8-6-12-29-17/h3-4,9-10,15-17,19H,5-8,11-14H2,1-2H3,(H,24,27)/t15-,16-,17+,19+/m1/s1. The van der Waals surface area contributed by atoms with Gasteiger partial charge in [0.05, 0.1) is 29.3 Å². The van der Waals surface area contributed by atoms with Crippen LogP contribution in [0.15, 0.2) is 34.2 Å². The summed E-state index contributed by atoms with van der Waals surface area (Å²) in [6.45, 7) is 5.72. The molecule has 0 radical (unpaired) electrons. The second-order valence-corrected chi connectivity index (χ2v) is 9.63. The predicted molar refractivity (Wildman–Crippen MR) is 120 cm³/mol. The van der Waals surface area contributed by atoms with E-state index in [1.807, 2.05) is 24.3 Å². The van der Waals surface area contributed by atoms with Gasteiger partial charge in [-0.15, -0.1) is 0 Å². The highest BCUT2D eigenvalue weighted by atomic mass is 32.2. The molecule has 2 fully saturated rings. The number of fused-ring (bicyclic) bond motifs is 1. The van der Waals surface area contributed by atoms with Gasteiger partial charge >= 0.3 is 0 Å². The molecule has 4 rings (SSSR count). The summed E-state index contributed by atoms with van der Waals surface area (Å²) in [5, 5.41) is 4.41. The summed E-state index contributed by atoms with van der Waals surface area (Å²) in [4.78, 5) is 30.5. The lowest BCUT2D eigenvalue weighted by Crippen LogP contribution is -2.44. The van der Waals surface area contributed by atoms with Crippen LogP contribution in [0.4, 0.5) is 0 Å². The van der Waals surface area contributed by atoms with Gasteiger partial charge in [-0.1, -0.05) is 50.6 Å². The van der Waals surface area contributed by atoms with Crippen LogP contribution in [0.1, 0.15) is 46.0 Å². The Morgan fingerprint density at radius 2 is 2.07 bits per heavy atom. The first kappa shape index (κ1) is 21.4. The van der Waals surface area contributed by atoms with Gasteiger partial charge in [0, 0.05) is 12.6 Å². The number of rotatable bonds is 6. The molecule has 2 aromatic rings. The summed E-state index contributed by atoms with van der Waals surface area (Å²) < 4.78 is 7.45. The Hall–Kier alpha value is -1.86. The molecule has 0 spiro atoms. The molecule has 4 atom stereocenters. The van der Waals surface area contributed by atoms with Crippen molar-refractivity contribution in [2.45, 2.75) is 69.8 Å². The number of hydrogen-bond donors (Lipinski definition) is 1. The van der Waals surface area contributed by atoms with Crippen molar-refractivity contribution in [3.63, 3.8) is 0 Å². The number of thioether (sulfide) groups is 1. The van der Waals surface area contributed by atoms with Gasteiger partial charge in [0.25, 0.3) is 5.56 Å². The van der Waals surface area contributed by atoms with Gasteiger partial charge in [-0.2, -0.15) is 0 Å². The molecule has 1 aromatic carbocycles. The van der Waals surface area contributed by atoms with Crippen LogP contribution in [-0.4, -0.2) is 40.0 Å². The SMILES string of the molecule is C[C@@H]1[C@H](C)CCC[C@@H]1NC(=O)CSc1nc2ccccc2c(=O)n1C[C@@H]1CCCO1. The average Bonchev–Trinajstić information content (AvgIpc) is 3.25. The van der Waals surface area contributed by atoms with Gasteiger partial charge in [-0.25, -0.2) is 4.98 Å². The van der Waals surface area contributed by atoms with E-state index in [1.54, 1.807) is 4.57 Å². The van der Waals surface area contributed by atoms with Crippen molar-refractivity contribution in [3.8, 4) is 0 Å². The van der Waals surface area contributed by atoms with E-state index in [1.165, 1.54) is 18.2 Å². The summed E-state index contributed by atoms with van der Waals surface area (Å²) in [6.07, 6.45) is 5.43. The van der Waals surface area contributed by atoms with Gasteiger partial charge in [-0.3, -0.25) is 14.2 Å². The normalized spacial score (nSPS) is 26.7. The molecule has 1 saturated heterocycles. The summed E-state index contributed by atoms with van der Waals surface area (Å²) in [5.41, 5.74) is 0.609. The minimum Gasteiger partial charge on any atom is -0.376 e. The molecule has 2 aliphatic rings. The quantitative estimate of drug-likeness (QED) is 0.561. The van der Waals surface area contributed by atoms with Crippen molar-refractivity contribution >= 4 is 28.6 Å². The number of benzene rings is 1. The van der Waals surface area contributed by atoms with Crippen molar-refractivity contribution in [1.82, 2.24) is 14.9 Å². The molecule has 1 aromatic heterocycles. The maximum Gasteiger partial charge on any atom is 0.262 e. The van der Waals surface area contributed by atoms with Crippen molar-refractivity contribution < 1.29 is 9.53 Å². The minimum absolute atomic E-state index is 0.0111. The zero-order valence-electron chi connectivity index (χ0n) is 17.8. The lowest BCUT2D eigenvalue weighted by Gasteiger charge is -2.34. The lowest BCUT2D eigenvalue weighted by atomic mass is 9.78. The summed E-state index contributed by atoms with van der Waals surface area (Å²) >= 11 is 1.34. The number of ether oxygens (including phenoxy) is 1. The van der Waals surface area contributed by atoms with Crippen molar-refractivity contribution in [2.75, 3.05) is 12.4 Å². The van der Waals surface area contributed by atoms with Crippen molar-refractivity contribution in [2.24, 2.45) is 11.8 Å². The van der Waals surface area contributed by atoms with E-state index >= 15 is 0 Å². The van der Waals surface area contributed by atoms with Crippen LogP contribution in [0.2, 0.25) is 0 Å². The Morgan fingerprint density at radius 1 is 1.23 bits per heavy atom. The van der Waals surface area contributed by atoms with Crippen LogP contribution in [0.3, 0.4) is 0 Å². The highest BCUT2D eigenvalue weighted by molar-refractivity contribution is 7.99. The van der Waals surface area contributed by atoms with Crippen LogP contribution >= 0.6 is 11.8 Å². The van der Waals surface area contributed by atoms with E-state index in [-0.39, 0.29) is 29.4 Å². The van der Waals surface area contributed by atoms with E-state index in [2.05, 4.69) is 19.2 Å². The van der Waals surface area contributed by atoms with Crippen LogP contribution in [0.5, 0.6) is 0 Å². The summed E-state index contributed by atoms with van der Waals surface area (Å²) in [7, 11) is 0. The zero-order chi connectivity index (χ0) is 21.1. The summed E-state index contributed by atoms with van der Waals surface area (Å²) in [6, 6.07) is 7.63. The Bertz CT molecular complexity index is 954. The minimum atomic E-state index is -0.0614. The number of nitrogens with zero attached hydrogens (tertiary/aromatic N) is 2. The van der Waals surface area contributed by atoms with Crippen LogP contribution < -0.4 is 10.9 Å². The zero-order valence-corrected chi connectivity index (χ0v) is 18.6. The van der Waals surface area contributed by atoms with Gasteiger partial charge in [0.15, 0.2) is 5.16 Å². The third-order valence-corrected chi connectivity index (χ3v) is 7.60. The Labute approximate surface area is 181 Å². The highest BCUT2D eigenvalue weighted by Gasteiger charge is 2.28. The first-order valence-electron chi connectivity index (χ1n) is 11.1. The van der Waals surface area contributed by atoms with Gasteiger partial charge < -0.3 is 10.1 Å². The number of aromatic nitrogens is 2. The monoisotopic (exact) mass is 429 g/mol. The first-order valence-corrected chi connectivity index (χ1v) is 12.0. The molecule has 6 nitrogen and oxygen atoms in total. The fraction of sp³-hybridized carbons (Fsp3) is 0.609. The maximum absolute atomic E-state index is 13.1. The van der Waals surface area contributed by atoms with Crippen molar-refractivity contribution in [3.05, 3.63) is 34.6 Å². The molecule has 1 aliphatic heterocycles. The van der Waals surface area contributed by atoms with Crippen molar-refractivity contribution in [1.29, 1.82) is 0 Å². The maximum atomic E-state index is 13.1. The smallest absolute Gasteiger partial charge is 0.262 e. The molecule has 1 amide bonds. The first-order chi connectivity index (χ1) is 14.5. The molecule has 0 unspecified atom stereocenters. The van der Waals surface area contributed by atoms with E-state index in [0.29, 0.717) is 34.4 Å². The third-order valence-electron chi connectivity index (χ3n) is 6.62. The molecular weight excluding hydrogens is 398 g/mol. The van der Waals surface area contributed by atoms with E-state index in [4.69, 9.17) is 9.72 Å².